The second-order valence-electron chi connectivity index (χ2n) is 5.68. The Labute approximate surface area is 164 Å². The van der Waals surface area contributed by atoms with Crippen LogP contribution in [0.1, 0.15) is 29.3 Å². The summed E-state index contributed by atoms with van der Waals surface area (Å²) in [5.74, 6) is 2.62. The van der Waals surface area contributed by atoms with Crippen LogP contribution in [0.15, 0.2) is 23.3 Å². The molecule has 148 valence electrons. The zero-order valence-electron chi connectivity index (χ0n) is 16.6. The van der Waals surface area contributed by atoms with Crippen LogP contribution in [0, 0.1) is 6.92 Å². The van der Waals surface area contributed by atoms with Gasteiger partial charge >= 0.3 is 0 Å². The number of rotatable bonds is 9. The van der Waals surface area contributed by atoms with E-state index in [-0.39, 0.29) is 0 Å². The van der Waals surface area contributed by atoms with Gasteiger partial charge < -0.3 is 24.8 Å². The maximum absolute atomic E-state index is 5.64. The summed E-state index contributed by atoms with van der Waals surface area (Å²) in [6, 6.07) is 3.84. The molecule has 0 saturated heterocycles. The number of nitrogens with one attached hydrogen (secondary N) is 2. The molecule has 2 N–H and O–H groups in total. The topological polar surface area (TPSA) is 77.0 Å². The van der Waals surface area contributed by atoms with Crippen LogP contribution >= 0.6 is 11.3 Å². The van der Waals surface area contributed by atoms with Crippen molar-refractivity contribution >= 4 is 17.3 Å². The van der Waals surface area contributed by atoms with Crippen molar-refractivity contribution in [3.63, 3.8) is 0 Å². The number of aliphatic imine (C=N–C) groups is 1. The van der Waals surface area contributed by atoms with E-state index in [1.54, 1.807) is 25.6 Å². The van der Waals surface area contributed by atoms with Gasteiger partial charge in [0.25, 0.3) is 0 Å². The summed E-state index contributed by atoms with van der Waals surface area (Å²) < 4.78 is 16.5. The Balaban J connectivity index is 2.13. The van der Waals surface area contributed by atoms with Crippen LogP contribution in [0.3, 0.4) is 0 Å². The van der Waals surface area contributed by atoms with Crippen LogP contribution < -0.4 is 24.8 Å². The van der Waals surface area contributed by atoms with E-state index in [1.165, 1.54) is 4.88 Å². The molecule has 1 aromatic heterocycles. The van der Waals surface area contributed by atoms with E-state index in [4.69, 9.17) is 14.2 Å². The van der Waals surface area contributed by atoms with Gasteiger partial charge in [-0.05, 0) is 38.5 Å². The molecule has 2 rings (SSSR count). The van der Waals surface area contributed by atoms with E-state index >= 15 is 0 Å². The number of nitrogens with zero attached hydrogens (tertiary/aromatic N) is 2. The summed E-state index contributed by atoms with van der Waals surface area (Å²) >= 11 is 1.67. The minimum Gasteiger partial charge on any atom is -0.493 e. The molecule has 0 amide bonds. The minimum atomic E-state index is 0.478. The molecular weight excluding hydrogens is 364 g/mol. The zero-order chi connectivity index (χ0) is 19.6. The predicted octanol–water partition coefficient (Wildman–Crippen LogP) is 3.12. The highest BCUT2D eigenvalue weighted by atomic mass is 32.1. The van der Waals surface area contributed by atoms with E-state index in [0.29, 0.717) is 36.9 Å². The van der Waals surface area contributed by atoms with Crippen LogP contribution in [0.2, 0.25) is 0 Å². The first kappa shape index (κ1) is 20.8. The molecule has 8 heteroatoms. The highest BCUT2D eigenvalue weighted by Crippen LogP contribution is 2.38. The van der Waals surface area contributed by atoms with Gasteiger partial charge in [0.1, 0.15) is 5.01 Å². The highest BCUT2D eigenvalue weighted by molar-refractivity contribution is 7.11. The summed E-state index contributed by atoms with van der Waals surface area (Å²) in [5.41, 5.74) is 0.967. The lowest BCUT2D eigenvalue weighted by Crippen LogP contribution is -2.36. The molecule has 0 radical (unpaired) electrons. The van der Waals surface area contributed by atoms with Gasteiger partial charge in [0.15, 0.2) is 17.5 Å². The zero-order valence-corrected chi connectivity index (χ0v) is 17.4. The van der Waals surface area contributed by atoms with Crippen LogP contribution in [0.5, 0.6) is 17.2 Å². The fourth-order valence-corrected chi connectivity index (χ4v) is 3.19. The molecule has 0 aliphatic carbocycles. The number of aromatic nitrogens is 1. The third-order valence-electron chi connectivity index (χ3n) is 3.65. The molecular formula is C19H28N4O3S. The van der Waals surface area contributed by atoms with E-state index < -0.39 is 0 Å². The molecule has 27 heavy (non-hydrogen) atoms. The second kappa shape index (κ2) is 10.6. The normalized spacial score (nSPS) is 11.2. The Kier molecular flexibility index (Phi) is 8.19. The van der Waals surface area contributed by atoms with Crippen molar-refractivity contribution in [2.24, 2.45) is 4.99 Å². The lowest BCUT2D eigenvalue weighted by molar-refractivity contribution is 0.288. The fourth-order valence-electron chi connectivity index (χ4n) is 2.47. The van der Waals surface area contributed by atoms with E-state index in [9.17, 15) is 0 Å². The molecule has 2 aromatic rings. The monoisotopic (exact) mass is 392 g/mol. The van der Waals surface area contributed by atoms with E-state index in [0.717, 1.165) is 23.1 Å². The van der Waals surface area contributed by atoms with Gasteiger partial charge in [-0.3, -0.25) is 0 Å². The van der Waals surface area contributed by atoms with E-state index in [1.807, 2.05) is 39.1 Å². The van der Waals surface area contributed by atoms with Gasteiger partial charge in [0, 0.05) is 17.6 Å². The lowest BCUT2D eigenvalue weighted by Gasteiger charge is -2.15. The van der Waals surface area contributed by atoms with Gasteiger partial charge in [-0.1, -0.05) is 0 Å². The molecule has 0 atom stereocenters. The van der Waals surface area contributed by atoms with Gasteiger partial charge in [-0.2, -0.15) is 0 Å². The Morgan fingerprint density at radius 1 is 1.15 bits per heavy atom. The fraction of sp³-hybridized carbons (Fsp3) is 0.474. The predicted molar refractivity (Wildman–Crippen MR) is 109 cm³/mol. The number of thiazole rings is 1. The molecule has 0 spiro atoms. The molecule has 0 bridgehead atoms. The Hall–Kier alpha value is -2.48. The van der Waals surface area contributed by atoms with Crippen molar-refractivity contribution in [3.05, 3.63) is 33.8 Å². The average molecular weight is 393 g/mol. The number of hydrogen-bond acceptors (Lipinski definition) is 6. The quantitative estimate of drug-likeness (QED) is 0.504. The first-order valence-electron chi connectivity index (χ1n) is 8.92. The SMILES string of the molecule is CCNC(=NCc1cc(OC)c(OCC)c(OC)c1)NCc1ncc(C)s1. The van der Waals surface area contributed by atoms with Crippen molar-refractivity contribution in [1.82, 2.24) is 15.6 Å². The van der Waals surface area contributed by atoms with Crippen molar-refractivity contribution in [2.75, 3.05) is 27.4 Å². The maximum Gasteiger partial charge on any atom is 0.203 e. The van der Waals surface area contributed by atoms with Crippen molar-refractivity contribution < 1.29 is 14.2 Å². The summed E-state index contributed by atoms with van der Waals surface area (Å²) in [4.78, 5) is 10.2. The summed E-state index contributed by atoms with van der Waals surface area (Å²) in [6.07, 6.45) is 1.88. The summed E-state index contributed by atoms with van der Waals surface area (Å²) in [6.45, 7) is 8.44. The summed E-state index contributed by atoms with van der Waals surface area (Å²) in [5, 5.41) is 7.59. The summed E-state index contributed by atoms with van der Waals surface area (Å²) in [7, 11) is 3.23. The number of benzene rings is 1. The first-order chi connectivity index (χ1) is 13.1. The van der Waals surface area contributed by atoms with Gasteiger partial charge in [0.05, 0.1) is 33.9 Å². The molecule has 0 fully saturated rings. The highest BCUT2D eigenvalue weighted by Gasteiger charge is 2.14. The molecule has 0 unspecified atom stereocenters. The molecule has 0 saturated carbocycles. The third-order valence-corrected chi connectivity index (χ3v) is 4.56. The Morgan fingerprint density at radius 3 is 2.37 bits per heavy atom. The molecule has 1 aromatic carbocycles. The second-order valence-corrected chi connectivity index (χ2v) is 7.00. The first-order valence-corrected chi connectivity index (χ1v) is 9.74. The Bertz CT molecular complexity index is 736. The molecule has 0 aliphatic rings. The van der Waals surface area contributed by atoms with Crippen molar-refractivity contribution in [1.29, 1.82) is 0 Å². The number of aryl methyl sites for hydroxylation is 1. The van der Waals surface area contributed by atoms with Crippen molar-refractivity contribution in [3.8, 4) is 17.2 Å². The van der Waals surface area contributed by atoms with Crippen LogP contribution in [-0.2, 0) is 13.1 Å². The van der Waals surface area contributed by atoms with Crippen LogP contribution in [-0.4, -0.2) is 38.3 Å². The van der Waals surface area contributed by atoms with Crippen molar-refractivity contribution in [2.45, 2.75) is 33.9 Å². The van der Waals surface area contributed by atoms with Gasteiger partial charge in [-0.25, -0.2) is 9.98 Å². The van der Waals surface area contributed by atoms with Crippen LogP contribution in [0.4, 0.5) is 0 Å². The van der Waals surface area contributed by atoms with Gasteiger partial charge in [-0.15, -0.1) is 11.3 Å². The minimum absolute atomic E-state index is 0.478. The van der Waals surface area contributed by atoms with E-state index in [2.05, 4.69) is 20.6 Å². The smallest absolute Gasteiger partial charge is 0.203 e. The third kappa shape index (κ3) is 6.02. The average Bonchev–Trinajstić information content (AvgIpc) is 3.09. The number of ether oxygens (including phenoxy) is 3. The lowest BCUT2D eigenvalue weighted by atomic mass is 10.2. The number of hydrogen-bond donors (Lipinski definition) is 2. The Morgan fingerprint density at radius 2 is 1.85 bits per heavy atom. The standard InChI is InChI=1S/C19H28N4O3S/c1-6-20-19(23-12-17-21-10-13(3)27-17)22-11-14-8-15(24-4)18(26-7-2)16(9-14)25-5/h8-10H,6-7,11-12H2,1-5H3,(H2,20,22,23). The molecule has 1 heterocycles. The molecule has 0 aliphatic heterocycles. The number of methoxy groups -OCH3 is 2. The number of guanidine groups is 1. The maximum atomic E-state index is 5.64. The van der Waals surface area contributed by atoms with Crippen LogP contribution in [0.25, 0.3) is 0 Å². The molecule has 7 nitrogen and oxygen atoms in total. The largest absolute Gasteiger partial charge is 0.493 e. The van der Waals surface area contributed by atoms with Gasteiger partial charge in [0.2, 0.25) is 5.75 Å².